The summed E-state index contributed by atoms with van der Waals surface area (Å²) in [5.41, 5.74) is 2.07. The quantitative estimate of drug-likeness (QED) is 0.660. The van der Waals surface area contributed by atoms with Crippen LogP contribution in [0.2, 0.25) is 5.71 Å². The van der Waals surface area contributed by atoms with E-state index in [1.165, 1.54) is 6.07 Å². The molecule has 1 N–H and O–H groups in total. The monoisotopic (exact) mass is 214 g/mol. The van der Waals surface area contributed by atoms with Crippen molar-refractivity contribution >= 4 is 26.2 Å². The Morgan fingerprint density at radius 2 is 2.27 bits per heavy atom. The minimum absolute atomic E-state index is 0.00815. The minimum atomic E-state index is -1.03. The second-order valence-corrected chi connectivity index (χ2v) is 3.98. The van der Waals surface area contributed by atoms with Gasteiger partial charge in [0.1, 0.15) is 0 Å². The van der Waals surface area contributed by atoms with Crippen LogP contribution in [0.3, 0.4) is 0 Å². The van der Waals surface area contributed by atoms with E-state index in [4.69, 9.17) is 5.11 Å². The van der Waals surface area contributed by atoms with Crippen molar-refractivity contribution in [2.45, 2.75) is 5.71 Å². The number of hydrogen-bond acceptors (Lipinski definition) is 3. The number of carbonyl (C=O) groups is 1. The van der Waals surface area contributed by atoms with Crippen LogP contribution in [0.25, 0.3) is 0 Å². The van der Waals surface area contributed by atoms with Crippen molar-refractivity contribution in [3.8, 4) is 0 Å². The molecule has 1 atom stereocenters. The molecule has 5 heteroatoms. The topological polar surface area (TPSA) is 63.1 Å². The second kappa shape index (κ2) is 3.49. The first kappa shape index (κ1) is 8.21. The van der Waals surface area contributed by atoms with Gasteiger partial charge in [-0.15, -0.1) is 0 Å². The summed E-state index contributed by atoms with van der Waals surface area (Å²) in [5.74, 6) is -1.03. The van der Waals surface area contributed by atoms with Gasteiger partial charge in [0.05, 0.1) is 0 Å². The van der Waals surface area contributed by atoms with Gasteiger partial charge in [0, 0.05) is 0 Å². The van der Waals surface area contributed by atoms with Crippen LogP contribution in [-0.2, 0) is 0 Å². The van der Waals surface area contributed by atoms with Crippen molar-refractivity contribution < 1.29 is 9.90 Å². The zero-order valence-electron chi connectivity index (χ0n) is 5.90. The first-order valence-electron chi connectivity index (χ1n) is 2.99. The van der Waals surface area contributed by atoms with Gasteiger partial charge >= 0.3 is 69.8 Å². The molecule has 0 aromatic carbocycles. The molecule has 1 aromatic heterocycles. The molecule has 1 heterocycles. The SMILES string of the molecule is C[AsH]c1ccc(C(=O)O)nn1. The van der Waals surface area contributed by atoms with E-state index in [1.54, 1.807) is 6.07 Å². The third kappa shape index (κ3) is 2.02. The summed E-state index contributed by atoms with van der Waals surface area (Å²) in [4.78, 5) is 10.3. The van der Waals surface area contributed by atoms with E-state index >= 15 is 0 Å². The fourth-order valence-electron chi connectivity index (χ4n) is 0.580. The number of carboxylic acid groups (broad SMARTS) is 1. The Bertz CT molecular complexity index is 260. The normalized spacial score (nSPS) is 10.6. The number of aromatic nitrogens is 2. The molecule has 58 valence electrons. The molecule has 1 aromatic rings. The molecule has 4 nitrogen and oxygen atoms in total. The van der Waals surface area contributed by atoms with Gasteiger partial charge in [-0.2, -0.15) is 0 Å². The van der Waals surface area contributed by atoms with E-state index in [2.05, 4.69) is 15.9 Å². The number of carboxylic acids is 1. The van der Waals surface area contributed by atoms with E-state index in [1.807, 2.05) is 0 Å². The molecule has 0 fully saturated rings. The van der Waals surface area contributed by atoms with Crippen LogP contribution in [0.1, 0.15) is 10.5 Å². The van der Waals surface area contributed by atoms with Crippen LogP contribution < -0.4 is 4.48 Å². The zero-order valence-corrected chi connectivity index (χ0v) is 8.00. The zero-order chi connectivity index (χ0) is 8.27. The molecule has 0 amide bonds. The maximum atomic E-state index is 10.3. The van der Waals surface area contributed by atoms with E-state index in [9.17, 15) is 4.79 Å². The average Bonchev–Trinajstić information content (AvgIpc) is 2.05. The van der Waals surface area contributed by atoms with E-state index in [0.717, 1.165) is 4.48 Å². The molecule has 11 heavy (non-hydrogen) atoms. The fourth-order valence-corrected chi connectivity index (χ4v) is 1.42. The third-order valence-corrected chi connectivity index (χ3v) is 2.77. The Morgan fingerprint density at radius 1 is 1.55 bits per heavy atom. The summed E-state index contributed by atoms with van der Waals surface area (Å²) in [7, 11) is 0. The Morgan fingerprint density at radius 3 is 2.64 bits per heavy atom. The molecule has 0 saturated carbocycles. The van der Waals surface area contributed by atoms with Crippen LogP contribution in [0, 0.1) is 0 Å². The second-order valence-electron chi connectivity index (χ2n) is 1.86. The number of nitrogens with zero attached hydrogens (tertiary/aromatic N) is 2. The van der Waals surface area contributed by atoms with Crippen molar-refractivity contribution in [1.82, 2.24) is 10.2 Å². The predicted molar refractivity (Wildman–Crippen MR) is 41.6 cm³/mol. The summed E-state index contributed by atoms with van der Waals surface area (Å²) in [5, 5.41) is 15.7. The van der Waals surface area contributed by atoms with Gasteiger partial charge in [-0.05, 0) is 0 Å². The molecule has 1 unspecified atom stereocenters. The molecule has 0 saturated heterocycles. The van der Waals surface area contributed by atoms with Gasteiger partial charge in [-0.1, -0.05) is 0 Å². The summed E-state index contributed by atoms with van der Waals surface area (Å²) in [6, 6.07) is 3.20. The van der Waals surface area contributed by atoms with Crippen molar-refractivity contribution in [3.63, 3.8) is 0 Å². The number of hydrogen-bond donors (Lipinski definition) is 1. The molecule has 0 aliphatic rings. The van der Waals surface area contributed by atoms with Crippen molar-refractivity contribution in [2.24, 2.45) is 0 Å². The Balaban J connectivity index is 2.91. The third-order valence-electron chi connectivity index (χ3n) is 1.14. The molecular weight excluding hydrogens is 207 g/mol. The number of rotatable bonds is 2. The van der Waals surface area contributed by atoms with Crippen LogP contribution in [0.15, 0.2) is 12.1 Å². The standard InChI is InChI=1S/C6H7AsN2O2/c1-7-5-3-2-4(6(10)11)8-9-5/h2-3,7H,1H3,(H,10,11). The first-order chi connectivity index (χ1) is 5.24. The Hall–Kier alpha value is -0.892. The number of aromatic carboxylic acids is 1. The fraction of sp³-hybridized carbons (Fsp3) is 0.167. The van der Waals surface area contributed by atoms with Crippen LogP contribution in [-0.4, -0.2) is 37.0 Å². The van der Waals surface area contributed by atoms with Crippen molar-refractivity contribution in [2.75, 3.05) is 0 Å². The summed E-state index contributed by atoms with van der Waals surface area (Å²) >= 11 is -0.207. The molecule has 0 aliphatic heterocycles. The Kier molecular flexibility index (Phi) is 2.60. The van der Waals surface area contributed by atoms with Gasteiger partial charge < -0.3 is 0 Å². The van der Waals surface area contributed by atoms with Gasteiger partial charge in [0.25, 0.3) is 0 Å². The molecule has 1 rings (SSSR count). The van der Waals surface area contributed by atoms with Gasteiger partial charge in [0.2, 0.25) is 0 Å². The molecule has 0 bridgehead atoms. The van der Waals surface area contributed by atoms with E-state index in [0.29, 0.717) is 0 Å². The molecule has 0 radical (unpaired) electrons. The average molecular weight is 214 g/mol. The Labute approximate surface area is 70.3 Å². The maximum absolute atomic E-state index is 10.3. The van der Waals surface area contributed by atoms with Crippen LogP contribution in [0.4, 0.5) is 0 Å². The van der Waals surface area contributed by atoms with E-state index in [-0.39, 0.29) is 21.4 Å². The van der Waals surface area contributed by atoms with Crippen LogP contribution in [0.5, 0.6) is 0 Å². The van der Waals surface area contributed by atoms with Crippen molar-refractivity contribution in [1.29, 1.82) is 0 Å². The summed E-state index contributed by atoms with van der Waals surface area (Å²) in [6.07, 6.45) is 0. The van der Waals surface area contributed by atoms with Crippen molar-refractivity contribution in [3.05, 3.63) is 17.8 Å². The van der Waals surface area contributed by atoms with Gasteiger partial charge in [-0.3, -0.25) is 0 Å². The van der Waals surface area contributed by atoms with Crippen LogP contribution >= 0.6 is 0 Å². The van der Waals surface area contributed by atoms with Gasteiger partial charge in [0.15, 0.2) is 0 Å². The van der Waals surface area contributed by atoms with E-state index < -0.39 is 5.97 Å². The van der Waals surface area contributed by atoms with Gasteiger partial charge in [-0.25, -0.2) is 0 Å². The summed E-state index contributed by atoms with van der Waals surface area (Å²) < 4.78 is 0.926. The molecular formula is C6H7AsN2O2. The molecule has 0 aliphatic carbocycles. The predicted octanol–water partition coefficient (Wildman–Crippen LogP) is -0.715. The first-order valence-corrected chi connectivity index (χ1v) is 6.13. The molecule has 0 spiro atoms. The summed E-state index contributed by atoms with van der Waals surface area (Å²) in [6.45, 7) is 0.